The van der Waals surface area contributed by atoms with Gasteiger partial charge in [-0.1, -0.05) is 12.1 Å². The highest BCUT2D eigenvalue weighted by Gasteiger charge is 2.04. The summed E-state index contributed by atoms with van der Waals surface area (Å²) in [5.41, 5.74) is 1.58. The van der Waals surface area contributed by atoms with Crippen molar-refractivity contribution in [1.82, 2.24) is 16.0 Å². The van der Waals surface area contributed by atoms with Gasteiger partial charge in [-0.3, -0.25) is 4.79 Å². The number of carbonyl (C=O) groups is 1. The Balaban J connectivity index is 0.00000392. The zero-order chi connectivity index (χ0) is 19.5. The van der Waals surface area contributed by atoms with Crippen molar-refractivity contribution in [3.63, 3.8) is 0 Å². The Labute approximate surface area is 182 Å². The summed E-state index contributed by atoms with van der Waals surface area (Å²) >= 11 is 0. The van der Waals surface area contributed by atoms with Crippen LogP contribution in [0.25, 0.3) is 0 Å². The van der Waals surface area contributed by atoms with Crippen molar-refractivity contribution in [3.05, 3.63) is 59.7 Å². The second-order valence-electron chi connectivity index (χ2n) is 5.77. The molecule has 2 aromatic rings. The van der Waals surface area contributed by atoms with Crippen molar-refractivity contribution in [3.8, 4) is 11.5 Å². The largest absolute Gasteiger partial charge is 0.508 e. The smallest absolute Gasteiger partial charge is 0.251 e. The van der Waals surface area contributed by atoms with Crippen molar-refractivity contribution in [2.24, 2.45) is 4.99 Å². The molecule has 0 spiro atoms. The number of halogens is 1. The average Bonchev–Trinajstić information content (AvgIpc) is 2.70. The van der Waals surface area contributed by atoms with Gasteiger partial charge in [-0.25, -0.2) is 4.99 Å². The van der Waals surface area contributed by atoms with E-state index in [1.165, 1.54) is 12.1 Å². The van der Waals surface area contributed by atoms with E-state index in [0.717, 1.165) is 17.9 Å². The van der Waals surface area contributed by atoms with Crippen LogP contribution in [0.4, 0.5) is 0 Å². The SMILES string of the molecule is CCNC(=NCc1ccc(OC)cc1)NCCNC(=O)c1ccc(O)cc1.I. The fourth-order valence-corrected chi connectivity index (χ4v) is 2.31. The molecule has 0 saturated carbocycles. The van der Waals surface area contributed by atoms with Gasteiger partial charge in [-0.05, 0) is 48.9 Å². The highest BCUT2D eigenvalue weighted by atomic mass is 127. The number of benzene rings is 2. The standard InChI is InChI=1S/C20H26N4O3.HI/c1-3-21-20(24-14-15-4-10-18(27-2)11-5-15)23-13-12-22-19(26)16-6-8-17(25)9-7-16;/h4-11,25H,3,12-14H2,1-2H3,(H,22,26)(H2,21,23,24);1H. The van der Waals surface area contributed by atoms with Crippen molar-refractivity contribution in [2.45, 2.75) is 13.5 Å². The number of rotatable bonds is 8. The summed E-state index contributed by atoms with van der Waals surface area (Å²) in [6.45, 7) is 4.27. The van der Waals surface area contributed by atoms with Crippen molar-refractivity contribution in [1.29, 1.82) is 0 Å². The van der Waals surface area contributed by atoms with E-state index in [2.05, 4.69) is 20.9 Å². The van der Waals surface area contributed by atoms with E-state index < -0.39 is 0 Å². The van der Waals surface area contributed by atoms with Crippen LogP contribution >= 0.6 is 24.0 Å². The number of amides is 1. The molecule has 4 N–H and O–H groups in total. The van der Waals surface area contributed by atoms with Gasteiger partial charge in [0.15, 0.2) is 5.96 Å². The van der Waals surface area contributed by atoms with Gasteiger partial charge in [0.2, 0.25) is 0 Å². The van der Waals surface area contributed by atoms with Crippen LogP contribution in [-0.4, -0.2) is 43.7 Å². The first-order valence-electron chi connectivity index (χ1n) is 8.84. The van der Waals surface area contributed by atoms with Gasteiger partial charge in [0.1, 0.15) is 11.5 Å². The molecule has 0 aromatic heterocycles. The molecule has 0 bridgehead atoms. The van der Waals surface area contributed by atoms with Crippen molar-refractivity contribution < 1.29 is 14.6 Å². The van der Waals surface area contributed by atoms with E-state index in [-0.39, 0.29) is 35.6 Å². The first-order valence-corrected chi connectivity index (χ1v) is 8.84. The van der Waals surface area contributed by atoms with Gasteiger partial charge < -0.3 is 25.8 Å². The van der Waals surface area contributed by atoms with Crippen LogP contribution in [0.2, 0.25) is 0 Å². The normalized spacial score (nSPS) is 10.6. The summed E-state index contributed by atoms with van der Waals surface area (Å²) < 4.78 is 5.15. The fraction of sp³-hybridized carbons (Fsp3) is 0.300. The second kappa shape index (κ2) is 12.8. The van der Waals surface area contributed by atoms with Gasteiger partial charge >= 0.3 is 0 Å². The quantitative estimate of drug-likeness (QED) is 0.194. The lowest BCUT2D eigenvalue weighted by atomic mass is 10.2. The number of methoxy groups -OCH3 is 1. The molecule has 0 atom stereocenters. The Hall–Kier alpha value is -2.49. The third-order valence-corrected chi connectivity index (χ3v) is 3.76. The number of aromatic hydroxyl groups is 1. The molecule has 1 amide bonds. The molecule has 2 rings (SSSR count). The zero-order valence-corrected chi connectivity index (χ0v) is 18.4. The molecular weight excluding hydrogens is 471 g/mol. The number of guanidine groups is 1. The highest BCUT2D eigenvalue weighted by molar-refractivity contribution is 14.0. The van der Waals surface area contributed by atoms with E-state index in [4.69, 9.17) is 4.74 Å². The van der Waals surface area contributed by atoms with E-state index >= 15 is 0 Å². The van der Waals surface area contributed by atoms with Gasteiger partial charge in [-0.15, -0.1) is 24.0 Å². The molecule has 2 aromatic carbocycles. The molecule has 8 heteroatoms. The molecule has 0 unspecified atom stereocenters. The molecule has 0 aliphatic heterocycles. The average molecular weight is 498 g/mol. The van der Waals surface area contributed by atoms with Crippen LogP contribution in [0.3, 0.4) is 0 Å². The maximum absolute atomic E-state index is 12.0. The summed E-state index contributed by atoms with van der Waals surface area (Å²) in [6.07, 6.45) is 0. The van der Waals surface area contributed by atoms with Gasteiger partial charge in [0.25, 0.3) is 5.91 Å². The summed E-state index contributed by atoms with van der Waals surface area (Å²) in [5.74, 6) is 1.46. The maximum Gasteiger partial charge on any atom is 0.251 e. The van der Waals surface area contributed by atoms with Crippen LogP contribution in [0.1, 0.15) is 22.8 Å². The monoisotopic (exact) mass is 498 g/mol. The highest BCUT2D eigenvalue weighted by Crippen LogP contribution is 2.12. The first-order chi connectivity index (χ1) is 13.1. The molecule has 0 saturated heterocycles. The summed E-state index contributed by atoms with van der Waals surface area (Å²) in [7, 11) is 1.64. The third-order valence-electron chi connectivity index (χ3n) is 3.76. The molecule has 0 fully saturated rings. The van der Waals surface area contributed by atoms with Crippen LogP contribution in [0.15, 0.2) is 53.5 Å². The minimum absolute atomic E-state index is 0. The Morgan fingerprint density at radius 2 is 1.64 bits per heavy atom. The van der Waals surface area contributed by atoms with E-state index in [1.54, 1.807) is 19.2 Å². The Bertz CT molecular complexity index is 749. The summed E-state index contributed by atoms with van der Waals surface area (Å²) in [4.78, 5) is 16.5. The molecule has 7 nitrogen and oxygen atoms in total. The zero-order valence-electron chi connectivity index (χ0n) is 16.1. The van der Waals surface area contributed by atoms with Gasteiger partial charge in [0.05, 0.1) is 13.7 Å². The van der Waals surface area contributed by atoms with E-state index in [9.17, 15) is 9.90 Å². The van der Waals surface area contributed by atoms with E-state index in [1.807, 2.05) is 31.2 Å². The minimum atomic E-state index is -0.183. The Morgan fingerprint density at radius 1 is 1.00 bits per heavy atom. The summed E-state index contributed by atoms with van der Waals surface area (Å²) in [6, 6.07) is 13.9. The Kier molecular flexibility index (Phi) is 10.8. The predicted octanol–water partition coefficient (Wildman–Crippen LogP) is 2.50. The molecule has 0 aliphatic rings. The second-order valence-corrected chi connectivity index (χ2v) is 5.77. The number of nitrogens with zero attached hydrogens (tertiary/aromatic N) is 1. The Morgan fingerprint density at radius 3 is 2.25 bits per heavy atom. The number of nitrogens with one attached hydrogen (secondary N) is 3. The molecule has 0 radical (unpaired) electrons. The van der Waals surface area contributed by atoms with Crippen LogP contribution < -0.4 is 20.7 Å². The van der Waals surface area contributed by atoms with Crippen LogP contribution in [0, 0.1) is 0 Å². The lowest BCUT2D eigenvalue weighted by Gasteiger charge is -2.12. The first kappa shape index (κ1) is 23.5. The number of hydrogen-bond donors (Lipinski definition) is 4. The topological polar surface area (TPSA) is 95.0 Å². The number of hydrogen-bond acceptors (Lipinski definition) is 4. The number of phenolic OH excluding ortho intramolecular Hbond substituents is 1. The van der Waals surface area contributed by atoms with Crippen LogP contribution in [0.5, 0.6) is 11.5 Å². The van der Waals surface area contributed by atoms with Crippen molar-refractivity contribution >= 4 is 35.8 Å². The minimum Gasteiger partial charge on any atom is -0.508 e. The lowest BCUT2D eigenvalue weighted by molar-refractivity contribution is 0.0954. The van der Waals surface area contributed by atoms with Gasteiger partial charge in [-0.2, -0.15) is 0 Å². The van der Waals surface area contributed by atoms with Crippen LogP contribution in [-0.2, 0) is 6.54 Å². The number of ether oxygens (including phenoxy) is 1. The molecular formula is C20H27IN4O3. The fourth-order valence-electron chi connectivity index (χ4n) is 2.31. The number of carbonyl (C=O) groups excluding carboxylic acids is 1. The summed E-state index contributed by atoms with van der Waals surface area (Å²) in [5, 5.41) is 18.4. The molecule has 28 heavy (non-hydrogen) atoms. The molecule has 0 aliphatic carbocycles. The van der Waals surface area contributed by atoms with Crippen molar-refractivity contribution in [2.75, 3.05) is 26.7 Å². The number of aliphatic imine (C=N–C) groups is 1. The third kappa shape index (κ3) is 8.03. The van der Waals surface area contributed by atoms with Gasteiger partial charge in [0, 0.05) is 25.2 Å². The lowest BCUT2D eigenvalue weighted by Crippen LogP contribution is -2.41. The molecule has 152 valence electrons. The van der Waals surface area contributed by atoms with E-state index in [0.29, 0.717) is 31.2 Å². The predicted molar refractivity (Wildman–Crippen MR) is 122 cm³/mol. The maximum atomic E-state index is 12.0. The number of phenols is 1. The molecule has 0 heterocycles.